The minimum atomic E-state index is -0.805. The third-order valence-corrected chi connectivity index (χ3v) is 3.38. The van der Waals surface area contributed by atoms with Crippen LogP contribution in [-0.4, -0.2) is 21.2 Å². The molecule has 2 aromatic rings. The van der Waals surface area contributed by atoms with E-state index in [1.165, 1.54) is 24.7 Å². The molecule has 0 amide bonds. The summed E-state index contributed by atoms with van der Waals surface area (Å²) in [5.41, 5.74) is -0.608. The number of ether oxygens (including phenoxy) is 2. The van der Waals surface area contributed by atoms with E-state index in [0.29, 0.717) is 11.4 Å². The lowest BCUT2D eigenvalue weighted by atomic mass is 10.3. The highest BCUT2D eigenvalue weighted by Crippen LogP contribution is 2.11. The van der Waals surface area contributed by atoms with Gasteiger partial charge in [-0.1, -0.05) is 18.2 Å². The molecular formula is C16H18N2O5. The number of benzene rings is 1. The van der Waals surface area contributed by atoms with Crippen LogP contribution in [-0.2, 0) is 30.2 Å². The highest BCUT2D eigenvalue weighted by atomic mass is 16.6. The third-order valence-electron chi connectivity index (χ3n) is 3.38. The van der Waals surface area contributed by atoms with Crippen molar-refractivity contribution in [2.24, 2.45) is 14.1 Å². The van der Waals surface area contributed by atoms with Crippen molar-refractivity contribution in [3.05, 3.63) is 62.9 Å². The van der Waals surface area contributed by atoms with Crippen molar-refractivity contribution in [1.29, 1.82) is 0 Å². The van der Waals surface area contributed by atoms with Crippen LogP contribution < -0.4 is 16.0 Å². The summed E-state index contributed by atoms with van der Waals surface area (Å²) in [6.07, 6.45) is -0.805. The number of aromatic nitrogens is 2. The van der Waals surface area contributed by atoms with Crippen molar-refractivity contribution in [2.45, 2.75) is 19.6 Å². The first-order chi connectivity index (χ1) is 10.9. The van der Waals surface area contributed by atoms with E-state index in [0.717, 1.165) is 4.57 Å². The number of hydrogen-bond acceptors (Lipinski definition) is 5. The van der Waals surface area contributed by atoms with Gasteiger partial charge in [0.1, 0.15) is 12.4 Å². The minimum absolute atomic E-state index is 0.177. The van der Waals surface area contributed by atoms with Crippen LogP contribution in [0.2, 0.25) is 0 Å². The molecule has 122 valence electrons. The van der Waals surface area contributed by atoms with Crippen molar-refractivity contribution in [3.63, 3.8) is 0 Å². The molecule has 23 heavy (non-hydrogen) atoms. The van der Waals surface area contributed by atoms with E-state index in [9.17, 15) is 14.4 Å². The van der Waals surface area contributed by atoms with Gasteiger partial charge in [-0.2, -0.15) is 0 Å². The van der Waals surface area contributed by atoms with E-state index in [1.807, 2.05) is 6.07 Å². The first kappa shape index (κ1) is 16.5. The predicted molar refractivity (Wildman–Crippen MR) is 83.3 cm³/mol. The Morgan fingerprint density at radius 1 is 1.13 bits per heavy atom. The van der Waals surface area contributed by atoms with Gasteiger partial charge in [-0.25, -0.2) is 9.59 Å². The zero-order valence-corrected chi connectivity index (χ0v) is 13.2. The maximum atomic E-state index is 12.0. The summed E-state index contributed by atoms with van der Waals surface area (Å²) in [4.78, 5) is 35.4. The Kier molecular flexibility index (Phi) is 5.00. The molecule has 0 N–H and O–H groups in total. The van der Waals surface area contributed by atoms with Crippen molar-refractivity contribution < 1.29 is 14.3 Å². The number of hydrogen-bond donors (Lipinski definition) is 0. The lowest BCUT2D eigenvalue weighted by molar-refractivity contribution is -0.152. The number of esters is 1. The van der Waals surface area contributed by atoms with E-state index >= 15 is 0 Å². The first-order valence-electron chi connectivity index (χ1n) is 7.04. The Balaban J connectivity index is 2.02. The summed E-state index contributed by atoms with van der Waals surface area (Å²) in [6, 6.07) is 10.2. The van der Waals surface area contributed by atoms with Crippen LogP contribution in [0.3, 0.4) is 0 Å². The molecule has 0 radical (unpaired) electrons. The standard InChI is InChI=1S/C16H18N2O5/c1-11(23-13-7-5-4-6-8-13)15(20)22-10-12-9-14(19)18(3)16(21)17(12)2/h4-9,11H,10H2,1-3H3. The molecule has 0 aliphatic heterocycles. The zero-order valence-electron chi connectivity index (χ0n) is 13.2. The quantitative estimate of drug-likeness (QED) is 0.754. The molecule has 0 fully saturated rings. The fourth-order valence-electron chi connectivity index (χ4n) is 1.93. The normalized spacial score (nSPS) is 11.8. The van der Waals surface area contributed by atoms with Crippen molar-refractivity contribution in [1.82, 2.24) is 9.13 Å². The minimum Gasteiger partial charge on any atom is -0.479 e. The van der Waals surface area contributed by atoms with Crippen molar-refractivity contribution in [3.8, 4) is 5.75 Å². The molecule has 7 heteroatoms. The SMILES string of the molecule is CC(Oc1ccccc1)C(=O)OCc1cc(=O)n(C)c(=O)n1C. The van der Waals surface area contributed by atoms with Gasteiger partial charge in [-0.15, -0.1) is 0 Å². The van der Waals surface area contributed by atoms with Crippen LogP contribution in [0, 0.1) is 0 Å². The molecular weight excluding hydrogens is 300 g/mol. The second-order valence-corrected chi connectivity index (χ2v) is 5.06. The Morgan fingerprint density at radius 3 is 2.43 bits per heavy atom. The Bertz CT molecular complexity index is 807. The van der Waals surface area contributed by atoms with Gasteiger partial charge in [0, 0.05) is 20.2 Å². The van der Waals surface area contributed by atoms with E-state index in [4.69, 9.17) is 9.47 Å². The molecule has 1 heterocycles. The van der Waals surface area contributed by atoms with Crippen LogP contribution >= 0.6 is 0 Å². The number of para-hydroxylation sites is 1. The molecule has 0 saturated heterocycles. The monoisotopic (exact) mass is 318 g/mol. The molecule has 0 aliphatic rings. The molecule has 0 bridgehead atoms. The fourth-order valence-corrected chi connectivity index (χ4v) is 1.93. The third kappa shape index (κ3) is 3.88. The molecule has 7 nitrogen and oxygen atoms in total. The number of nitrogens with zero attached hydrogens (tertiary/aromatic N) is 2. The largest absolute Gasteiger partial charge is 0.479 e. The molecule has 0 saturated carbocycles. The smallest absolute Gasteiger partial charge is 0.347 e. The molecule has 2 rings (SSSR count). The summed E-state index contributed by atoms with van der Waals surface area (Å²) < 4.78 is 12.8. The van der Waals surface area contributed by atoms with E-state index in [1.54, 1.807) is 31.2 Å². The Morgan fingerprint density at radius 2 is 1.78 bits per heavy atom. The van der Waals surface area contributed by atoms with Gasteiger partial charge in [0.15, 0.2) is 6.10 Å². The second-order valence-electron chi connectivity index (χ2n) is 5.06. The van der Waals surface area contributed by atoms with Gasteiger partial charge in [0.2, 0.25) is 0 Å². The molecule has 1 unspecified atom stereocenters. The number of rotatable bonds is 5. The lowest BCUT2D eigenvalue weighted by Crippen LogP contribution is -2.38. The summed E-state index contributed by atoms with van der Waals surface area (Å²) in [5.74, 6) is -0.0279. The maximum absolute atomic E-state index is 12.0. The van der Waals surface area contributed by atoms with Gasteiger partial charge in [0.25, 0.3) is 5.56 Å². The second kappa shape index (κ2) is 6.95. The fraction of sp³-hybridized carbons (Fsp3) is 0.312. The maximum Gasteiger partial charge on any atom is 0.347 e. The van der Waals surface area contributed by atoms with Gasteiger partial charge in [0.05, 0.1) is 5.69 Å². The highest BCUT2D eigenvalue weighted by Gasteiger charge is 2.17. The predicted octanol–water partition coefficient (Wildman–Crippen LogP) is 0.595. The lowest BCUT2D eigenvalue weighted by Gasteiger charge is -2.15. The number of carbonyl (C=O) groups is 1. The molecule has 1 aromatic heterocycles. The number of carbonyl (C=O) groups excluding carboxylic acids is 1. The highest BCUT2D eigenvalue weighted by molar-refractivity contribution is 5.74. The molecule has 0 spiro atoms. The van der Waals surface area contributed by atoms with Gasteiger partial charge >= 0.3 is 11.7 Å². The first-order valence-corrected chi connectivity index (χ1v) is 7.04. The van der Waals surface area contributed by atoms with E-state index < -0.39 is 23.3 Å². The van der Waals surface area contributed by atoms with Crippen molar-refractivity contribution in [2.75, 3.05) is 0 Å². The Labute approximate surface area is 132 Å². The van der Waals surface area contributed by atoms with Gasteiger partial charge in [-0.3, -0.25) is 13.9 Å². The van der Waals surface area contributed by atoms with Crippen LogP contribution in [0.5, 0.6) is 5.75 Å². The van der Waals surface area contributed by atoms with Gasteiger partial charge in [-0.05, 0) is 19.1 Å². The van der Waals surface area contributed by atoms with Crippen LogP contribution in [0.25, 0.3) is 0 Å². The summed E-state index contributed by atoms with van der Waals surface area (Å²) in [6.45, 7) is 1.39. The summed E-state index contributed by atoms with van der Waals surface area (Å²) >= 11 is 0. The topological polar surface area (TPSA) is 79.5 Å². The summed E-state index contributed by atoms with van der Waals surface area (Å²) in [7, 11) is 2.89. The molecule has 1 aromatic carbocycles. The van der Waals surface area contributed by atoms with Crippen LogP contribution in [0.1, 0.15) is 12.6 Å². The van der Waals surface area contributed by atoms with Crippen LogP contribution in [0.15, 0.2) is 46.0 Å². The average Bonchev–Trinajstić information content (AvgIpc) is 2.55. The zero-order chi connectivity index (χ0) is 17.0. The Hall–Kier alpha value is -2.83. The molecule has 1 atom stereocenters. The summed E-state index contributed by atoms with van der Waals surface area (Å²) in [5, 5.41) is 0. The molecule has 0 aliphatic carbocycles. The van der Waals surface area contributed by atoms with Crippen LogP contribution in [0.4, 0.5) is 0 Å². The van der Waals surface area contributed by atoms with E-state index in [-0.39, 0.29) is 6.61 Å². The van der Waals surface area contributed by atoms with Gasteiger partial charge < -0.3 is 9.47 Å². The average molecular weight is 318 g/mol. The van der Waals surface area contributed by atoms with E-state index in [2.05, 4.69) is 0 Å². The van der Waals surface area contributed by atoms with Crippen molar-refractivity contribution >= 4 is 5.97 Å².